The lowest BCUT2D eigenvalue weighted by molar-refractivity contribution is 0.102. The van der Waals surface area contributed by atoms with Crippen LogP contribution in [0.25, 0.3) is 0 Å². The van der Waals surface area contributed by atoms with Gasteiger partial charge in [0.15, 0.2) is 0 Å². The Labute approximate surface area is 124 Å². The molecule has 1 heterocycles. The lowest BCUT2D eigenvalue weighted by atomic mass is 10.1. The van der Waals surface area contributed by atoms with E-state index in [1.807, 2.05) is 0 Å². The van der Waals surface area contributed by atoms with Crippen molar-refractivity contribution in [2.75, 3.05) is 5.32 Å². The Balaban J connectivity index is 2.33. The van der Waals surface area contributed by atoms with Gasteiger partial charge in [0.25, 0.3) is 5.91 Å². The zero-order valence-corrected chi connectivity index (χ0v) is 11.8. The van der Waals surface area contributed by atoms with Crippen LogP contribution in [-0.2, 0) is 0 Å². The fourth-order valence-corrected chi connectivity index (χ4v) is 2.03. The smallest absolute Gasteiger partial charge is 0.260 e. The molecule has 2 aromatic rings. The van der Waals surface area contributed by atoms with Gasteiger partial charge in [0.05, 0.1) is 17.5 Å². The molecule has 0 aliphatic carbocycles. The van der Waals surface area contributed by atoms with Crippen LogP contribution in [0.2, 0.25) is 10.2 Å². The Morgan fingerprint density at radius 1 is 1.26 bits per heavy atom. The number of hydrogen-bond acceptors (Lipinski definition) is 3. The summed E-state index contributed by atoms with van der Waals surface area (Å²) in [5.74, 6) is -0.432. The highest BCUT2D eigenvalue weighted by atomic mass is 35.5. The molecule has 0 unspecified atom stereocenters. The Morgan fingerprint density at radius 3 is 2.58 bits per heavy atom. The SMILES string of the molecule is NC(=S)c1ccc(Cl)cc1NC(=O)c1ccoc1Cl. The van der Waals surface area contributed by atoms with E-state index in [2.05, 4.69) is 5.32 Å². The second kappa shape index (κ2) is 5.61. The van der Waals surface area contributed by atoms with Gasteiger partial charge < -0.3 is 15.5 Å². The predicted molar refractivity (Wildman–Crippen MR) is 79.0 cm³/mol. The first kappa shape index (κ1) is 13.9. The third kappa shape index (κ3) is 3.07. The van der Waals surface area contributed by atoms with E-state index in [1.54, 1.807) is 18.2 Å². The van der Waals surface area contributed by atoms with Crippen molar-refractivity contribution < 1.29 is 9.21 Å². The van der Waals surface area contributed by atoms with E-state index < -0.39 is 5.91 Å². The van der Waals surface area contributed by atoms with E-state index in [0.717, 1.165) is 0 Å². The summed E-state index contributed by atoms with van der Waals surface area (Å²) >= 11 is 16.5. The number of rotatable bonds is 3. The van der Waals surface area contributed by atoms with Crippen molar-refractivity contribution in [2.45, 2.75) is 0 Å². The van der Waals surface area contributed by atoms with E-state index in [-0.39, 0.29) is 15.8 Å². The number of halogens is 2. The standard InChI is InChI=1S/C12H8Cl2N2O2S/c13-6-1-2-7(11(15)19)9(5-6)16-12(17)8-3-4-18-10(8)14/h1-5H,(H2,15,19)(H,16,17). The van der Waals surface area contributed by atoms with Crippen molar-refractivity contribution in [1.29, 1.82) is 0 Å². The van der Waals surface area contributed by atoms with E-state index in [9.17, 15) is 4.79 Å². The highest BCUT2D eigenvalue weighted by Crippen LogP contribution is 2.23. The summed E-state index contributed by atoms with van der Waals surface area (Å²) in [5.41, 5.74) is 6.74. The Bertz CT molecular complexity index is 655. The second-order valence-corrected chi connectivity index (χ2v) is 4.84. The van der Waals surface area contributed by atoms with Gasteiger partial charge in [0.2, 0.25) is 5.22 Å². The van der Waals surface area contributed by atoms with Crippen LogP contribution < -0.4 is 11.1 Å². The number of furan rings is 1. The van der Waals surface area contributed by atoms with Gasteiger partial charge in [-0.25, -0.2) is 0 Å². The van der Waals surface area contributed by atoms with Crippen molar-refractivity contribution in [3.05, 3.63) is 51.9 Å². The molecule has 0 aliphatic heterocycles. The van der Waals surface area contributed by atoms with Gasteiger partial charge in [0.1, 0.15) is 4.99 Å². The van der Waals surface area contributed by atoms with Gasteiger partial charge in [-0.3, -0.25) is 4.79 Å². The average Bonchev–Trinajstić information content (AvgIpc) is 2.75. The molecule has 0 aliphatic rings. The van der Waals surface area contributed by atoms with Crippen LogP contribution in [0.4, 0.5) is 5.69 Å². The number of thiocarbonyl (C=S) groups is 1. The Hall–Kier alpha value is -1.56. The van der Waals surface area contributed by atoms with Crippen LogP contribution in [0.15, 0.2) is 34.9 Å². The van der Waals surface area contributed by atoms with Crippen LogP contribution in [-0.4, -0.2) is 10.9 Å². The van der Waals surface area contributed by atoms with Crippen LogP contribution in [0.3, 0.4) is 0 Å². The first-order chi connectivity index (χ1) is 8.99. The van der Waals surface area contributed by atoms with Crippen molar-refractivity contribution in [1.82, 2.24) is 0 Å². The minimum Gasteiger partial charge on any atom is -0.452 e. The highest BCUT2D eigenvalue weighted by molar-refractivity contribution is 7.80. The van der Waals surface area contributed by atoms with Gasteiger partial charge in [-0.2, -0.15) is 0 Å². The molecule has 0 spiro atoms. The summed E-state index contributed by atoms with van der Waals surface area (Å²) in [6.45, 7) is 0. The van der Waals surface area contributed by atoms with E-state index >= 15 is 0 Å². The molecule has 0 saturated heterocycles. The zero-order valence-electron chi connectivity index (χ0n) is 9.44. The van der Waals surface area contributed by atoms with Crippen LogP contribution in [0.5, 0.6) is 0 Å². The quantitative estimate of drug-likeness (QED) is 0.851. The summed E-state index contributed by atoms with van der Waals surface area (Å²) in [6.07, 6.45) is 1.32. The van der Waals surface area contributed by atoms with Gasteiger partial charge in [-0.1, -0.05) is 23.8 Å². The highest BCUT2D eigenvalue weighted by Gasteiger charge is 2.15. The van der Waals surface area contributed by atoms with Crippen LogP contribution in [0, 0.1) is 0 Å². The predicted octanol–water partition coefficient (Wildman–Crippen LogP) is 3.47. The van der Waals surface area contributed by atoms with Gasteiger partial charge in [-0.05, 0) is 35.9 Å². The molecule has 7 heteroatoms. The summed E-state index contributed by atoms with van der Waals surface area (Å²) in [7, 11) is 0. The third-order valence-electron chi connectivity index (χ3n) is 2.36. The monoisotopic (exact) mass is 314 g/mol. The molecule has 0 saturated carbocycles. The van der Waals surface area contributed by atoms with Crippen molar-refractivity contribution in [2.24, 2.45) is 5.73 Å². The van der Waals surface area contributed by atoms with Gasteiger partial charge in [0, 0.05) is 10.6 Å². The fourth-order valence-electron chi connectivity index (χ4n) is 1.48. The summed E-state index contributed by atoms with van der Waals surface area (Å²) in [6, 6.07) is 6.29. The molecule has 0 bridgehead atoms. The van der Waals surface area contributed by atoms with Crippen molar-refractivity contribution >= 4 is 52.0 Å². The number of nitrogens with two attached hydrogens (primary N) is 1. The van der Waals surface area contributed by atoms with E-state index in [1.165, 1.54) is 12.3 Å². The molecule has 4 nitrogen and oxygen atoms in total. The van der Waals surface area contributed by atoms with Crippen LogP contribution in [0.1, 0.15) is 15.9 Å². The first-order valence-corrected chi connectivity index (χ1v) is 6.29. The molecule has 19 heavy (non-hydrogen) atoms. The van der Waals surface area contributed by atoms with Gasteiger partial charge >= 0.3 is 0 Å². The Morgan fingerprint density at radius 2 is 2.00 bits per heavy atom. The Kier molecular flexibility index (Phi) is 4.09. The van der Waals surface area contributed by atoms with Crippen LogP contribution >= 0.6 is 35.4 Å². The fraction of sp³-hybridized carbons (Fsp3) is 0. The number of amides is 1. The molecule has 0 radical (unpaired) electrons. The maximum absolute atomic E-state index is 12.0. The molecule has 0 atom stereocenters. The maximum Gasteiger partial charge on any atom is 0.260 e. The summed E-state index contributed by atoms with van der Waals surface area (Å²) in [4.78, 5) is 12.2. The number of anilines is 1. The van der Waals surface area contributed by atoms with Gasteiger partial charge in [-0.15, -0.1) is 0 Å². The zero-order chi connectivity index (χ0) is 14.0. The summed E-state index contributed by atoms with van der Waals surface area (Å²) in [5, 5.41) is 3.10. The minimum absolute atomic E-state index is 0.0106. The lowest BCUT2D eigenvalue weighted by Crippen LogP contribution is -2.17. The second-order valence-electron chi connectivity index (χ2n) is 3.62. The molecule has 3 N–H and O–H groups in total. The molecule has 2 rings (SSSR count). The third-order valence-corrected chi connectivity index (χ3v) is 3.11. The van der Waals surface area contributed by atoms with Crippen molar-refractivity contribution in [3.63, 3.8) is 0 Å². The normalized spacial score (nSPS) is 10.2. The molecule has 0 fully saturated rings. The summed E-state index contributed by atoms with van der Waals surface area (Å²) < 4.78 is 4.85. The van der Waals surface area contributed by atoms with E-state index in [4.69, 9.17) is 45.6 Å². The molecule has 98 valence electrons. The largest absolute Gasteiger partial charge is 0.452 e. The molecular formula is C12H8Cl2N2O2S. The van der Waals surface area contributed by atoms with Crippen molar-refractivity contribution in [3.8, 4) is 0 Å². The topological polar surface area (TPSA) is 68.3 Å². The molecule has 1 aromatic heterocycles. The number of carbonyl (C=O) groups is 1. The number of hydrogen-bond donors (Lipinski definition) is 2. The number of benzene rings is 1. The molecule has 1 amide bonds. The average molecular weight is 315 g/mol. The minimum atomic E-state index is -0.432. The molecular weight excluding hydrogens is 307 g/mol. The number of nitrogens with one attached hydrogen (secondary N) is 1. The first-order valence-electron chi connectivity index (χ1n) is 5.12. The lowest BCUT2D eigenvalue weighted by Gasteiger charge is -2.10. The molecule has 1 aromatic carbocycles. The number of carbonyl (C=O) groups excluding carboxylic acids is 1. The maximum atomic E-state index is 12.0. The van der Waals surface area contributed by atoms with E-state index in [0.29, 0.717) is 16.3 Å².